The molecular weight excluding hydrogens is 202 g/mol. The summed E-state index contributed by atoms with van der Waals surface area (Å²) < 4.78 is 0. The molecule has 13 heavy (non-hydrogen) atoms. The molecule has 0 aliphatic heterocycles. The third kappa shape index (κ3) is 4.12. The molecule has 1 unspecified atom stereocenters. The van der Waals surface area contributed by atoms with Crippen molar-refractivity contribution in [3.63, 3.8) is 0 Å². The lowest BCUT2D eigenvalue weighted by Gasteiger charge is -2.14. The van der Waals surface area contributed by atoms with E-state index in [1.54, 1.807) is 11.3 Å². The Kier molecular flexibility index (Phi) is 5.44. The SMILES string of the molecule is CCC(CCCl)NCc1cccs1. The predicted octanol–water partition coefficient (Wildman–Crippen LogP) is 3.25. The molecule has 0 fully saturated rings. The number of thiophene rings is 1. The molecule has 0 aliphatic rings. The molecule has 74 valence electrons. The Bertz CT molecular complexity index is 211. The minimum atomic E-state index is 0.569. The molecule has 0 aromatic carbocycles. The van der Waals surface area contributed by atoms with Gasteiger partial charge in [0.05, 0.1) is 0 Å². The molecule has 1 atom stereocenters. The van der Waals surface area contributed by atoms with Gasteiger partial charge in [-0.05, 0) is 24.3 Å². The van der Waals surface area contributed by atoms with E-state index >= 15 is 0 Å². The topological polar surface area (TPSA) is 12.0 Å². The Morgan fingerprint density at radius 1 is 1.62 bits per heavy atom. The van der Waals surface area contributed by atoms with Crippen LogP contribution >= 0.6 is 22.9 Å². The molecule has 1 aromatic heterocycles. The summed E-state index contributed by atoms with van der Waals surface area (Å²) in [6, 6.07) is 4.81. The summed E-state index contributed by atoms with van der Waals surface area (Å²) in [5.41, 5.74) is 0. The van der Waals surface area contributed by atoms with Crippen LogP contribution in [-0.2, 0) is 6.54 Å². The second-order valence-corrected chi connectivity index (χ2v) is 4.45. The minimum absolute atomic E-state index is 0.569. The predicted molar refractivity (Wildman–Crippen MR) is 60.6 cm³/mol. The van der Waals surface area contributed by atoms with E-state index < -0.39 is 0 Å². The first-order valence-electron chi connectivity index (χ1n) is 4.68. The standard InChI is InChI=1S/C10H16ClNS/c1-2-9(5-6-11)12-8-10-4-3-7-13-10/h3-4,7,9,12H,2,5-6,8H2,1H3. The first-order chi connectivity index (χ1) is 6.36. The highest BCUT2D eigenvalue weighted by atomic mass is 35.5. The monoisotopic (exact) mass is 217 g/mol. The third-order valence-corrected chi connectivity index (χ3v) is 3.19. The van der Waals surface area contributed by atoms with Gasteiger partial charge in [-0.2, -0.15) is 0 Å². The highest BCUT2D eigenvalue weighted by Gasteiger charge is 2.04. The van der Waals surface area contributed by atoms with Crippen molar-refractivity contribution < 1.29 is 0 Å². The maximum atomic E-state index is 5.70. The molecule has 0 saturated carbocycles. The molecule has 0 spiro atoms. The number of hydrogen-bond acceptors (Lipinski definition) is 2. The van der Waals surface area contributed by atoms with E-state index in [2.05, 4.69) is 29.8 Å². The molecule has 0 saturated heterocycles. The van der Waals surface area contributed by atoms with Gasteiger partial charge in [0.15, 0.2) is 0 Å². The molecule has 3 heteroatoms. The molecule has 0 radical (unpaired) electrons. The number of halogens is 1. The van der Waals surface area contributed by atoms with E-state index in [-0.39, 0.29) is 0 Å². The largest absolute Gasteiger partial charge is 0.309 e. The third-order valence-electron chi connectivity index (χ3n) is 2.10. The summed E-state index contributed by atoms with van der Waals surface area (Å²) in [5, 5.41) is 5.61. The van der Waals surface area contributed by atoms with Gasteiger partial charge in [-0.3, -0.25) is 0 Å². The van der Waals surface area contributed by atoms with Crippen LogP contribution < -0.4 is 5.32 Å². The highest BCUT2D eigenvalue weighted by molar-refractivity contribution is 7.09. The Morgan fingerprint density at radius 3 is 3.00 bits per heavy atom. The lowest BCUT2D eigenvalue weighted by Crippen LogP contribution is -2.27. The molecule has 0 amide bonds. The van der Waals surface area contributed by atoms with Gasteiger partial charge in [-0.15, -0.1) is 22.9 Å². The highest BCUT2D eigenvalue weighted by Crippen LogP contribution is 2.09. The first-order valence-corrected chi connectivity index (χ1v) is 6.10. The van der Waals surface area contributed by atoms with Crippen LogP contribution in [0.2, 0.25) is 0 Å². The summed E-state index contributed by atoms with van der Waals surface area (Å²) in [5.74, 6) is 0.746. The zero-order valence-electron chi connectivity index (χ0n) is 7.92. The Hall–Kier alpha value is -0.0500. The maximum absolute atomic E-state index is 5.70. The minimum Gasteiger partial charge on any atom is -0.309 e. The molecule has 1 aromatic rings. The zero-order valence-corrected chi connectivity index (χ0v) is 9.50. The lowest BCUT2D eigenvalue weighted by molar-refractivity contribution is 0.488. The van der Waals surface area contributed by atoms with Crippen molar-refractivity contribution in [3.05, 3.63) is 22.4 Å². The van der Waals surface area contributed by atoms with E-state index in [9.17, 15) is 0 Å². The molecule has 1 N–H and O–H groups in total. The molecule has 0 aliphatic carbocycles. The number of rotatable bonds is 6. The van der Waals surface area contributed by atoms with Crippen molar-refractivity contribution >= 4 is 22.9 Å². The van der Waals surface area contributed by atoms with Crippen LogP contribution in [0.25, 0.3) is 0 Å². The van der Waals surface area contributed by atoms with Crippen molar-refractivity contribution in [3.8, 4) is 0 Å². The first kappa shape index (κ1) is 11.0. The fourth-order valence-corrected chi connectivity index (χ4v) is 2.16. The smallest absolute Gasteiger partial charge is 0.0302 e. The maximum Gasteiger partial charge on any atom is 0.0302 e. The van der Waals surface area contributed by atoms with E-state index in [0.29, 0.717) is 6.04 Å². The normalized spacial score (nSPS) is 13.1. The average molecular weight is 218 g/mol. The van der Waals surface area contributed by atoms with Crippen LogP contribution in [0.1, 0.15) is 24.6 Å². The van der Waals surface area contributed by atoms with Crippen molar-refractivity contribution in [1.82, 2.24) is 5.32 Å². The van der Waals surface area contributed by atoms with Gasteiger partial charge in [0, 0.05) is 23.3 Å². The van der Waals surface area contributed by atoms with Crippen LogP contribution in [0.3, 0.4) is 0 Å². The zero-order chi connectivity index (χ0) is 9.52. The van der Waals surface area contributed by atoms with Crippen LogP contribution in [-0.4, -0.2) is 11.9 Å². The van der Waals surface area contributed by atoms with Gasteiger partial charge in [0.2, 0.25) is 0 Å². The fraction of sp³-hybridized carbons (Fsp3) is 0.600. The Balaban J connectivity index is 2.23. The molecule has 1 nitrogen and oxygen atoms in total. The van der Waals surface area contributed by atoms with Gasteiger partial charge >= 0.3 is 0 Å². The summed E-state index contributed by atoms with van der Waals surface area (Å²) in [7, 11) is 0. The van der Waals surface area contributed by atoms with Crippen molar-refractivity contribution in [1.29, 1.82) is 0 Å². The Labute approximate surface area is 89.1 Å². The van der Waals surface area contributed by atoms with Crippen molar-refractivity contribution in [2.24, 2.45) is 0 Å². The van der Waals surface area contributed by atoms with E-state index in [4.69, 9.17) is 11.6 Å². The second kappa shape index (κ2) is 6.41. The fourth-order valence-electron chi connectivity index (χ4n) is 1.24. The van der Waals surface area contributed by atoms with Crippen LogP contribution in [0.4, 0.5) is 0 Å². The summed E-state index contributed by atoms with van der Waals surface area (Å²) >= 11 is 7.50. The molecular formula is C10H16ClNS. The van der Waals surface area contributed by atoms with Gasteiger partial charge in [0.1, 0.15) is 0 Å². The second-order valence-electron chi connectivity index (χ2n) is 3.04. The Morgan fingerprint density at radius 2 is 2.46 bits per heavy atom. The number of nitrogens with one attached hydrogen (secondary N) is 1. The van der Waals surface area contributed by atoms with Crippen molar-refractivity contribution in [2.45, 2.75) is 32.4 Å². The quantitative estimate of drug-likeness (QED) is 0.722. The van der Waals surface area contributed by atoms with Gasteiger partial charge in [-0.1, -0.05) is 13.0 Å². The van der Waals surface area contributed by atoms with Gasteiger partial charge in [0.25, 0.3) is 0 Å². The van der Waals surface area contributed by atoms with Crippen LogP contribution in [0.15, 0.2) is 17.5 Å². The van der Waals surface area contributed by atoms with E-state index in [1.165, 1.54) is 4.88 Å². The average Bonchev–Trinajstić information content (AvgIpc) is 2.64. The molecule has 0 bridgehead atoms. The van der Waals surface area contributed by atoms with Gasteiger partial charge < -0.3 is 5.32 Å². The van der Waals surface area contributed by atoms with Crippen LogP contribution in [0, 0.1) is 0 Å². The molecule has 1 rings (SSSR count). The van der Waals surface area contributed by atoms with Crippen molar-refractivity contribution in [2.75, 3.05) is 5.88 Å². The number of alkyl halides is 1. The van der Waals surface area contributed by atoms with Gasteiger partial charge in [-0.25, -0.2) is 0 Å². The van der Waals surface area contributed by atoms with E-state index in [1.807, 2.05) is 0 Å². The van der Waals surface area contributed by atoms with Crippen LogP contribution in [0.5, 0.6) is 0 Å². The van der Waals surface area contributed by atoms with E-state index in [0.717, 1.165) is 25.3 Å². The molecule has 1 heterocycles. The lowest BCUT2D eigenvalue weighted by atomic mass is 10.2. The summed E-state index contributed by atoms with van der Waals surface area (Å²) in [4.78, 5) is 1.40. The summed E-state index contributed by atoms with van der Waals surface area (Å²) in [6.45, 7) is 3.17. The number of hydrogen-bond donors (Lipinski definition) is 1. The summed E-state index contributed by atoms with van der Waals surface area (Å²) in [6.07, 6.45) is 2.21.